The van der Waals surface area contributed by atoms with Crippen LogP contribution in [0.25, 0.3) is 0 Å². The third kappa shape index (κ3) is 3.72. The molecule has 1 heterocycles. The number of H-pyrrole nitrogens is 1. The number of aromatic amines is 1. The maximum Gasteiger partial charge on any atom is 0.228 e. The fourth-order valence-electron chi connectivity index (χ4n) is 2.25. The van der Waals surface area contributed by atoms with E-state index in [0.29, 0.717) is 6.42 Å². The van der Waals surface area contributed by atoms with Gasteiger partial charge < -0.3 is 5.32 Å². The number of aryl methyl sites for hydroxylation is 2. The number of amides is 1. The van der Waals surface area contributed by atoms with Crippen LogP contribution in [0.15, 0.2) is 24.3 Å². The summed E-state index contributed by atoms with van der Waals surface area (Å²) in [6.45, 7) is 10.4. The summed E-state index contributed by atoms with van der Waals surface area (Å²) in [5, 5.41) is 9.94. The zero-order valence-corrected chi connectivity index (χ0v) is 13.4. The van der Waals surface area contributed by atoms with Crippen LogP contribution in [0.4, 0.5) is 5.69 Å². The Morgan fingerprint density at radius 3 is 2.29 bits per heavy atom. The standard InChI is InChI=1S/C17H23N3O/c1-11-15(12(2)20-19-11)10-16(21)18-14-8-6-13(7-9-14)17(3,4)5/h6-9H,10H2,1-5H3,(H,18,21)(H,19,20). The lowest BCUT2D eigenvalue weighted by atomic mass is 9.87. The molecule has 0 bridgehead atoms. The van der Waals surface area contributed by atoms with Crippen LogP contribution in [0.1, 0.15) is 43.3 Å². The van der Waals surface area contributed by atoms with Crippen LogP contribution in [-0.2, 0) is 16.6 Å². The highest BCUT2D eigenvalue weighted by Gasteiger charge is 2.14. The fraction of sp³-hybridized carbons (Fsp3) is 0.412. The van der Waals surface area contributed by atoms with E-state index >= 15 is 0 Å². The molecule has 0 saturated heterocycles. The Morgan fingerprint density at radius 1 is 1.19 bits per heavy atom. The van der Waals surface area contributed by atoms with Crippen molar-refractivity contribution in [1.82, 2.24) is 10.2 Å². The first-order chi connectivity index (χ1) is 9.77. The second kappa shape index (κ2) is 5.72. The third-order valence-corrected chi connectivity index (χ3v) is 3.65. The number of carbonyl (C=O) groups excluding carboxylic acids is 1. The van der Waals surface area contributed by atoms with Gasteiger partial charge in [0.15, 0.2) is 0 Å². The van der Waals surface area contributed by atoms with Gasteiger partial charge in [0.2, 0.25) is 5.91 Å². The van der Waals surface area contributed by atoms with Crippen LogP contribution in [0, 0.1) is 13.8 Å². The van der Waals surface area contributed by atoms with Gasteiger partial charge in [-0.05, 0) is 37.0 Å². The summed E-state index contributed by atoms with van der Waals surface area (Å²) < 4.78 is 0. The lowest BCUT2D eigenvalue weighted by Crippen LogP contribution is -2.16. The zero-order valence-electron chi connectivity index (χ0n) is 13.4. The first-order valence-electron chi connectivity index (χ1n) is 7.18. The highest BCUT2D eigenvalue weighted by molar-refractivity contribution is 5.92. The smallest absolute Gasteiger partial charge is 0.228 e. The van der Waals surface area contributed by atoms with Crippen molar-refractivity contribution in [3.8, 4) is 0 Å². The van der Waals surface area contributed by atoms with Gasteiger partial charge in [0.1, 0.15) is 0 Å². The second-order valence-corrected chi connectivity index (χ2v) is 6.46. The summed E-state index contributed by atoms with van der Waals surface area (Å²) in [6, 6.07) is 8.02. The molecule has 21 heavy (non-hydrogen) atoms. The van der Waals surface area contributed by atoms with Crippen molar-refractivity contribution in [2.75, 3.05) is 5.32 Å². The van der Waals surface area contributed by atoms with E-state index in [2.05, 4.69) is 48.4 Å². The summed E-state index contributed by atoms with van der Waals surface area (Å²) in [4.78, 5) is 12.1. The Bertz CT molecular complexity index is 614. The molecular weight excluding hydrogens is 262 g/mol. The average Bonchev–Trinajstić information content (AvgIpc) is 2.70. The molecule has 0 aliphatic rings. The van der Waals surface area contributed by atoms with E-state index < -0.39 is 0 Å². The van der Waals surface area contributed by atoms with Crippen LogP contribution in [-0.4, -0.2) is 16.1 Å². The van der Waals surface area contributed by atoms with Crippen LogP contribution in [0.3, 0.4) is 0 Å². The first kappa shape index (κ1) is 15.3. The van der Waals surface area contributed by atoms with Gasteiger partial charge in [0.05, 0.1) is 12.1 Å². The van der Waals surface area contributed by atoms with Crippen molar-refractivity contribution >= 4 is 11.6 Å². The summed E-state index contributed by atoms with van der Waals surface area (Å²) in [5.74, 6) is -0.0221. The Balaban J connectivity index is 2.03. The molecule has 2 N–H and O–H groups in total. The van der Waals surface area contributed by atoms with Crippen LogP contribution in [0.2, 0.25) is 0 Å². The molecule has 0 aliphatic heterocycles. The number of nitrogens with one attached hydrogen (secondary N) is 2. The molecule has 1 aromatic heterocycles. The number of rotatable bonds is 3. The van der Waals surface area contributed by atoms with Gasteiger partial charge >= 0.3 is 0 Å². The number of anilines is 1. The number of hydrogen-bond acceptors (Lipinski definition) is 2. The molecule has 2 aromatic rings. The molecule has 1 amide bonds. The molecule has 0 fully saturated rings. The maximum absolute atomic E-state index is 12.1. The molecule has 0 saturated carbocycles. The largest absolute Gasteiger partial charge is 0.326 e. The van der Waals surface area contributed by atoms with Gasteiger partial charge in [0.25, 0.3) is 0 Å². The van der Waals surface area contributed by atoms with E-state index in [9.17, 15) is 4.79 Å². The minimum Gasteiger partial charge on any atom is -0.326 e. The Labute approximate surface area is 126 Å². The summed E-state index contributed by atoms with van der Waals surface area (Å²) in [7, 11) is 0. The predicted octanol–water partition coefficient (Wildman–Crippen LogP) is 3.51. The number of benzene rings is 1. The molecule has 0 aliphatic carbocycles. The lowest BCUT2D eigenvalue weighted by Gasteiger charge is -2.19. The fourth-order valence-corrected chi connectivity index (χ4v) is 2.25. The molecule has 0 unspecified atom stereocenters. The predicted molar refractivity (Wildman–Crippen MR) is 85.5 cm³/mol. The minimum atomic E-state index is -0.0221. The van der Waals surface area contributed by atoms with Gasteiger partial charge in [-0.1, -0.05) is 32.9 Å². The lowest BCUT2D eigenvalue weighted by molar-refractivity contribution is -0.115. The maximum atomic E-state index is 12.1. The van der Waals surface area contributed by atoms with Gasteiger partial charge in [-0.15, -0.1) is 0 Å². The Kier molecular flexibility index (Phi) is 4.16. The molecule has 2 rings (SSSR count). The molecule has 0 spiro atoms. The second-order valence-electron chi connectivity index (χ2n) is 6.46. The molecule has 0 atom stereocenters. The van der Waals surface area contributed by atoms with Crippen LogP contribution < -0.4 is 5.32 Å². The topological polar surface area (TPSA) is 57.8 Å². The van der Waals surface area contributed by atoms with E-state index in [1.165, 1.54) is 5.56 Å². The molecule has 112 valence electrons. The summed E-state index contributed by atoms with van der Waals surface area (Å²) in [6.07, 6.45) is 0.342. The number of aromatic nitrogens is 2. The van der Waals surface area contributed by atoms with Crippen molar-refractivity contribution in [3.05, 3.63) is 46.8 Å². The first-order valence-corrected chi connectivity index (χ1v) is 7.18. The number of nitrogens with zero attached hydrogens (tertiary/aromatic N) is 1. The minimum absolute atomic E-state index is 0.0221. The van der Waals surface area contributed by atoms with E-state index in [1.54, 1.807) is 0 Å². The van der Waals surface area contributed by atoms with Crippen molar-refractivity contribution < 1.29 is 4.79 Å². The summed E-state index contributed by atoms with van der Waals surface area (Å²) >= 11 is 0. The number of carbonyl (C=O) groups is 1. The molecule has 4 heteroatoms. The van der Waals surface area contributed by atoms with Crippen molar-refractivity contribution in [3.63, 3.8) is 0 Å². The van der Waals surface area contributed by atoms with E-state index in [1.807, 2.05) is 26.0 Å². The van der Waals surface area contributed by atoms with Gasteiger partial charge in [-0.25, -0.2) is 0 Å². The SMILES string of the molecule is Cc1n[nH]c(C)c1CC(=O)Nc1ccc(C(C)(C)C)cc1. The monoisotopic (exact) mass is 285 g/mol. The van der Waals surface area contributed by atoms with Crippen molar-refractivity contribution in [2.45, 2.75) is 46.5 Å². The highest BCUT2D eigenvalue weighted by Crippen LogP contribution is 2.23. The normalized spacial score (nSPS) is 11.5. The zero-order chi connectivity index (χ0) is 15.6. The highest BCUT2D eigenvalue weighted by atomic mass is 16.1. The Morgan fingerprint density at radius 2 is 1.81 bits per heavy atom. The van der Waals surface area contributed by atoms with Crippen molar-refractivity contribution in [1.29, 1.82) is 0 Å². The van der Waals surface area contributed by atoms with E-state index in [0.717, 1.165) is 22.6 Å². The van der Waals surface area contributed by atoms with Crippen LogP contribution >= 0.6 is 0 Å². The number of hydrogen-bond donors (Lipinski definition) is 2. The molecule has 1 aromatic carbocycles. The molecular formula is C17H23N3O. The van der Waals surface area contributed by atoms with E-state index in [-0.39, 0.29) is 11.3 Å². The van der Waals surface area contributed by atoms with Gasteiger partial charge in [0, 0.05) is 16.9 Å². The molecule has 0 radical (unpaired) electrons. The Hall–Kier alpha value is -2.10. The van der Waals surface area contributed by atoms with Crippen LogP contribution in [0.5, 0.6) is 0 Å². The average molecular weight is 285 g/mol. The summed E-state index contributed by atoms with van der Waals surface area (Å²) in [5.41, 5.74) is 5.00. The van der Waals surface area contributed by atoms with Crippen molar-refractivity contribution in [2.24, 2.45) is 0 Å². The third-order valence-electron chi connectivity index (χ3n) is 3.65. The quantitative estimate of drug-likeness (QED) is 0.906. The van der Waals surface area contributed by atoms with E-state index in [4.69, 9.17) is 0 Å². The molecule has 4 nitrogen and oxygen atoms in total. The van der Waals surface area contributed by atoms with Gasteiger partial charge in [-0.2, -0.15) is 5.10 Å². The van der Waals surface area contributed by atoms with Gasteiger partial charge in [-0.3, -0.25) is 9.89 Å².